The maximum Gasteiger partial charge on any atom is 0.417 e. The Hall–Kier alpha value is -2.73. The van der Waals surface area contributed by atoms with E-state index >= 15 is 0 Å². The zero-order valence-corrected chi connectivity index (χ0v) is 11.3. The number of aromatic nitrogens is 1. The molecule has 0 aliphatic carbocycles. The number of carbonyl (C=O) groups excluding carboxylic acids is 1. The summed E-state index contributed by atoms with van der Waals surface area (Å²) in [6.45, 7) is 0. The third-order valence-electron chi connectivity index (χ3n) is 2.88. The molecular formula is C14H9ClN2O4. The lowest BCUT2D eigenvalue weighted by molar-refractivity contribution is 0.102. The van der Waals surface area contributed by atoms with Gasteiger partial charge in [-0.3, -0.25) is 9.78 Å². The van der Waals surface area contributed by atoms with Crippen molar-refractivity contribution in [2.75, 3.05) is 5.32 Å². The molecule has 1 heterocycles. The number of amides is 1. The van der Waals surface area contributed by atoms with E-state index in [0.717, 1.165) is 0 Å². The van der Waals surface area contributed by atoms with Crippen LogP contribution >= 0.6 is 11.6 Å². The summed E-state index contributed by atoms with van der Waals surface area (Å²) >= 11 is 5.80. The highest BCUT2D eigenvalue weighted by Crippen LogP contribution is 2.23. The molecule has 0 saturated carbocycles. The second kappa shape index (κ2) is 4.99. The monoisotopic (exact) mass is 304 g/mol. The third-order valence-corrected chi connectivity index (χ3v) is 3.12. The van der Waals surface area contributed by atoms with Crippen LogP contribution in [0.25, 0.3) is 11.1 Å². The van der Waals surface area contributed by atoms with E-state index in [1.807, 2.05) is 0 Å². The summed E-state index contributed by atoms with van der Waals surface area (Å²) in [5.74, 6) is -1.25. The second-order valence-corrected chi connectivity index (χ2v) is 4.78. The van der Waals surface area contributed by atoms with Gasteiger partial charge in [0.2, 0.25) is 0 Å². The topological polar surface area (TPSA) is 95.3 Å². The van der Waals surface area contributed by atoms with Crippen LogP contribution < -0.4 is 11.1 Å². The number of anilines is 1. The number of H-pyrrole nitrogens is 1. The van der Waals surface area contributed by atoms with E-state index in [1.165, 1.54) is 18.2 Å². The van der Waals surface area contributed by atoms with E-state index in [2.05, 4.69) is 10.3 Å². The fourth-order valence-electron chi connectivity index (χ4n) is 1.92. The highest BCUT2D eigenvalue weighted by atomic mass is 35.5. The van der Waals surface area contributed by atoms with E-state index in [1.54, 1.807) is 18.2 Å². The van der Waals surface area contributed by atoms with Gasteiger partial charge in [0, 0.05) is 10.7 Å². The van der Waals surface area contributed by atoms with Crippen LogP contribution in [0.5, 0.6) is 5.75 Å². The van der Waals surface area contributed by atoms with Crippen LogP contribution in [-0.4, -0.2) is 16.0 Å². The molecule has 2 aromatic carbocycles. The molecule has 0 bridgehead atoms. The van der Waals surface area contributed by atoms with Crippen molar-refractivity contribution in [1.82, 2.24) is 4.98 Å². The Morgan fingerprint density at radius 1 is 1.24 bits per heavy atom. The van der Waals surface area contributed by atoms with Crippen molar-refractivity contribution in [2.45, 2.75) is 0 Å². The molecule has 0 spiro atoms. The molecule has 3 N–H and O–H groups in total. The minimum Gasteiger partial charge on any atom is -0.507 e. The van der Waals surface area contributed by atoms with Crippen LogP contribution in [0.4, 0.5) is 5.69 Å². The van der Waals surface area contributed by atoms with E-state index in [9.17, 15) is 14.7 Å². The standard InChI is InChI=1S/C14H9ClN2O4/c15-7-1-3-11(18)9(5-7)13(19)16-8-2-4-12-10(6-8)17-14(20)21-12/h1-6,18H,(H,16,19)(H,17,20). The summed E-state index contributed by atoms with van der Waals surface area (Å²) < 4.78 is 4.87. The lowest BCUT2D eigenvalue weighted by Gasteiger charge is -2.07. The molecule has 21 heavy (non-hydrogen) atoms. The fraction of sp³-hybridized carbons (Fsp3) is 0. The minimum atomic E-state index is -0.569. The number of oxazole rings is 1. The first-order chi connectivity index (χ1) is 10.0. The number of aromatic amines is 1. The van der Waals surface area contributed by atoms with Gasteiger partial charge in [0.15, 0.2) is 5.58 Å². The predicted octanol–water partition coefficient (Wildman–Crippen LogP) is 2.73. The number of hydrogen-bond donors (Lipinski definition) is 3. The summed E-state index contributed by atoms with van der Waals surface area (Å²) in [5.41, 5.74) is 1.36. The number of benzene rings is 2. The normalized spacial score (nSPS) is 10.7. The van der Waals surface area contributed by atoms with Crippen molar-refractivity contribution >= 4 is 34.3 Å². The summed E-state index contributed by atoms with van der Waals surface area (Å²) in [7, 11) is 0. The first kappa shape index (κ1) is 13.3. The van der Waals surface area contributed by atoms with Crippen LogP contribution in [0.15, 0.2) is 45.6 Å². The van der Waals surface area contributed by atoms with Crippen molar-refractivity contribution in [2.24, 2.45) is 0 Å². The molecule has 0 fully saturated rings. The average Bonchev–Trinajstić information content (AvgIpc) is 2.80. The number of phenolic OH excluding ortho intramolecular Hbond substituents is 1. The van der Waals surface area contributed by atoms with Gasteiger partial charge in [-0.2, -0.15) is 0 Å². The molecule has 3 aromatic rings. The maximum absolute atomic E-state index is 12.1. The molecule has 106 valence electrons. The van der Waals surface area contributed by atoms with E-state index in [-0.39, 0.29) is 11.3 Å². The van der Waals surface area contributed by atoms with Gasteiger partial charge in [-0.1, -0.05) is 11.6 Å². The van der Waals surface area contributed by atoms with Gasteiger partial charge >= 0.3 is 5.76 Å². The van der Waals surface area contributed by atoms with Crippen LogP contribution in [0.3, 0.4) is 0 Å². The van der Waals surface area contributed by atoms with E-state index < -0.39 is 11.7 Å². The van der Waals surface area contributed by atoms with Crippen LogP contribution in [0, 0.1) is 0 Å². The first-order valence-corrected chi connectivity index (χ1v) is 6.33. The van der Waals surface area contributed by atoms with Crippen molar-refractivity contribution in [3.8, 4) is 5.75 Å². The molecule has 0 atom stereocenters. The van der Waals surface area contributed by atoms with Crippen molar-refractivity contribution in [1.29, 1.82) is 0 Å². The highest BCUT2D eigenvalue weighted by Gasteiger charge is 2.12. The van der Waals surface area contributed by atoms with Gasteiger partial charge in [0.05, 0.1) is 11.1 Å². The Balaban J connectivity index is 1.92. The number of aromatic hydroxyl groups is 1. The molecule has 0 aliphatic heterocycles. The summed E-state index contributed by atoms with van der Waals surface area (Å²) in [6, 6.07) is 8.88. The molecule has 3 rings (SSSR count). The molecule has 0 saturated heterocycles. The molecule has 0 unspecified atom stereocenters. The summed E-state index contributed by atoms with van der Waals surface area (Å²) in [6.07, 6.45) is 0. The zero-order valence-electron chi connectivity index (χ0n) is 10.5. The van der Waals surface area contributed by atoms with Gasteiger partial charge in [-0.25, -0.2) is 4.79 Å². The molecular weight excluding hydrogens is 296 g/mol. The fourth-order valence-corrected chi connectivity index (χ4v) is 2.09. The number of nitrogens with one attached hydrogen (secondary N) is 2. The molecule has 7 heteroatoms. The third kappa shape index (κ3) is 2.61. The van der Waals surface area contributed by atoms with E-state index in [4.69, 9.17) is 16.0 Å². The molecule has 1 aromatic heterocycles. The lowest BCUT2D eigenvalue weighted by atomic mass is 10.2. The van der Waals surface area contributed by atoms with Crippen LogP contribution in [-0.2, 0) is 0 Å². The smallest absolute Gasteiger partial charge is 0.417 e. The van der Waals surface area contributed by atoms with E-state index in [0.29, 0.717) is 21.8 Å². The quantitative estimate of drug-likeness (QED) is 0.678. The Morgan fingerprint density at radius 2 is 2.05 bits per heavy atom. The maximum atomic E-state index is 12.1. The summed E-state index contributed by atoms with van der Waals surface area (Å²) in [4.78, 5) is 25.7. The van der Waals surface area contributed by atoms with Crippen LogP contribution in [0.2, 0.25) is 5.02 Å². The Labute approximate surface area is 123 Å². The molecule has 0 radical (unpaired) electrons. The number of halogens is 1. The average molecular weight is 305 g/mol. The zero-order chi connectivity index (χ0) is 15.0. The molecule has 1 amide bonds. The number of phenols is 1. The van der Waals surface area contributed by atoms with Gasteiger partial charge in [0.25, 0.3) is 5.91 Å². The number of fused-ring (bicyclic) bond motifs is 1. The van der Waals surface area contributed by atoms with Crippen LogP contribution in [0.1, 0.15) is 10.4 Å². The van der Waals surface area contributed by atoms with Crippen molar-refractivity contribution < 1.29 is 14.3 Å². The molecule has 6 nitrogen and oxygen atoms in total. The Morgan fingerprint density at radius 3 is 2.86 bits per heavy atom. The van der Waals surface area contributed by atoms with Gasteiger partial charge in [-0.05, 0) is 36.4 Å². The van der Waals surface area contributed by atoms with Crippen molar-refractivity contribution in [3.63, 3.8) is 0 Å². The predicted molar refractivity (Wildman–Crippen MR) is 77.9 cm³/mol. The second-order valence-electron chi connectivity index (χ2n) is 4.34. The SMILES string of the molecule is O=C(Nc1ccc2oc(=O)[nH]c2c1)c1cc(Cl)ccc1O. The van der Waals surface area contributed by atoms with Gasteiger partial charge in [-0.15, -0.1) is 0 Å². The Kier molecular flexibility index (Phi) is 3.15. The number of hydrogen-bond acceptors (Lipinski definition) is 4. The Bertz CT molecular complexity index is 897. The van der Waals surface area contributed by atoms with Crippen molar-refractivity contribution in [3.05, 3.63) is 57.5 Å². The highest BCUT2D eigenvalue weighted by molar-refractivity contribution is 6.31. The largest absolute Gasteiger partial charge is 0.507 e. The molecule has 0 aliphatic rings. The number of carbonyl (C=O) groups is 1. The van der Waals surface area contributed by atoms with Gasteiger partial charge < -0.3 is 14.8 Å². The summed E-state index contributed by atoms with van der Waals surface area (Å²) in [5, 5.41) is 12.6. The minimum absolute atomic E-state index is 0.0586. The van der Waals surface area contributed by atoms with Gasteiger partial charge in [0.1, 0.15) is 5.75 Å². The first-order valence-electron chi connectivity index (χ1n) is 5.96. The lowest BCUT2D eigenvalue weighted by Crippen LogP contribution is -2.12. The number of rotatable bonds is 2.